The highest BCUT2D eigenvalue weighted by molar-refractivity contribution is 6.32. The van der Waals surface area contributed by atoms with Gasteiger partial charge in [-0.25, -0.2) is 14.5 Å². The standard InChI is InChI=1S/C29H32ClN5O5/c1-16(2)11-23(37)25-19(17(3)12-18-15-34(33-26(18)25)28(38)40-29(4,5)6)13-22(36)21-14-24(39-7)32-35(21)27-20(30)9-8-10-31-27/h8-10,12,14-16H,11,13H2,1-7H3. The van der Waals surface area contributed by atoms with Gasteiger partial charge < -0.3 is 9.47 Å². The molecular formula is C29H32ClN5O5. The highest BCUT2D eigenvalue weighted by Crippen LogP contribution is 2.30. The van der Waals surface area contributed by atoms with Crippen molar-refractivity contribution in [2.24, 2.45) is 5.92 Å². The summed E-state index contributed by atoms with van der Waals surface area (Å²) >= 11 is 6.35. The maximum Gasteiger partial charge on any atom is 0.435 e. The number of nitrogens with zero attached hydrogens (tertiary/aromatic N) is 5. The number of carbonyl (C=O) groups excluding carboxylic acids is 3. The zero-order valence-corrected chi connectivity index (χ0v) is 24.4. The highest BCUT2D eigenvalue weighted by atomic mass is 35.5. The number of Topliss-reactive ketones (excluding diaryl/α,β-unsaturated/α-hetero) is 2. The molecule has 0 spiro atoms. The highest BCUT2D eigenvalue weighted by Gasteiger charge is 2.27. The number of hydrogen-bond acceptors (Lipinski definition) is 8. The number of rotatable bonds is 8. The number of carbonyl (C=O) groups is 3. The number of hydrogen-bond donors (Lipinski definition) is 0. The van der Waals surface area contributed by atoms with E-state index in [1.807, 2.05) is 26.8 Å². The average molecular weight is 566 g/mol. The molecule has 0 bridgehead atoms. The fourth-order valence-electron chi connectivity index (χ4n) is 4.35. The second-order valence-electron chi connectivity index (χ2n) is 11.0. The van der Waals surface area contributed by atoms with E-state index in [-0.39, 0.29) is 47.7 Å². The van der Waals surface area contributed by atoms with Crippen molar-refractivity contribution in [2.45, 2.75) is 60.0 Å². The molecule has 4 rings (SSSR count). The second-order valence-corrected chi connectivity index (χ2v) is 11.4. The summed E-state index contributed by atoms with van der Waals surface area (Å²) in [5.74, 6) is 0.0566. The number of ketones is 2. The molecular weight excluding hydrogens is 534 g/mol. The summed E-state index contributed by atoms with van der Waals surface area (Å²) in [5, 5.41) is 9.68. The van der Waals surface area contributed by atoms with Gasteiger partial charge in [-0.15, -0.1) is 5.10 Å². The Kier molecular flexibility index (Phi) is 8.11. The summed E-state index contributed by atoms with van der Waals surface area (Å²) in [6.45, 7) is 11.0. The SMILES string of the molecule is COc1cc(C(=O)Cc2c(C)cc3cn(C(=O)OC(C)(C)C)nc3c2C(=O)CC(C)C)n(-c2ncccc2Cl)n1. The van der Waals surface area contributed by atoms with Crippen molar-refractivity contribution in [3.8, 4) is 11.7 Å². The van der Waals surface area contributed by atoms with Crippen LogP contribution >= 0.6 is 11.6 Å². The van der Waals surface area contributed by atoms with Crippen molar-refractivity contribution < 1.29 is 23.9 Å². The number of benzene rings is 1. The molecule has 0 fully saturated rings. The van der Waals surface area contributed by atoms with Gasteiger partial charge in [0.25, 0.3) is 0 Å². The van der Waals surface area contributed by atoms with Gasteiger partial charge in [0.15, 0.2) is 17.4 Å². The van der Waals surface area contributed by atoms with Gasteiger partial charge in [0.1, 0.15) is 16.8 Å². The van der Waals surface area contributed by atoms with Gasteiger partial charge in [0.2, 0.25) is 5.88 Å². The minimum absolute atomic E-state index is 0.0662. The molecule has 40 heavy (non-hydrogen) atoms. The molecule has 1 aromatic carbocycles. The first-order valence-corrected chi connectivity index (χ1v) is 13.2. The quantitative estimate of drug-likeness (QED) is 0.238. The fourth-order valence-corrected chi connectivity index (χ4v) is 4.56. The van der Waals surface area contributed by atoms with E-state index in [1.165, 1.54) is 24.1 Å². The van der Waals surface area contributed by atoms with Gasteiger partial charge in [-0.2, -0.15) is 9.78 Å². The number of aromatic nitrogens is 5. The van der Waals surface area contributed by atoms with Crippen LogP contribution in [0.1, 0.15) is 73.0 Å². The number of pyridine rings is 1. The summed E-state index contributed by atoms with van der Waals surface area (Å²) in [5.41, 5.74) is 1.36. The Bertz CT molecular complexity index is 1610. The molecule has 0 N–H and O–H groups in total. The molecule has 4 aromatic rings. The lowest BCUT2D eigenvalue weighted by Gasteiger charge is -2.18. The lowest BCUT2D eigenvalue weighted by Crippen LogP contribution is -2.27. The van der Waals surface area contributed by atoms with Gasteiger partial charge in [0.05, 0.1) is 12.1 Å². The molecule has 3 aromatic heterocycles. The molecule has 0 saturated carbocycles. The first kappa shape index (κ1) is 28.9. The Labute approximate surface area is 237 Å². The molecule has 3 heterocycles. The van der Waals surface area contributed by atoms with E-state index in [1.54, 1.807) is 39.1 Å². The number of ether oxygens (including phenoxy) is 2. The Morgan fingerprint density at radius 1 is 1.10 bits per heavy atom. The van der Waals surface area contributed by atoms with Crippen LogP contribution in [0, 0.1) is 12.8 Å². The first-order chi connectivity index (χ1) is 18.8. The van der Waals surface area contributed by atoms with E-state index in [4.69, 9.17) is 21.1 Å². The van der Waals surface area contributed by atoms with Crippen LogP contribution in [0.4, 0.5) is 4.79 Å². The minimum Gasteiger partial charge on any atom is -0.480 e. The van der Waals surface area contributed by atoms with Crippen molar-refractivity contribution >= 4 is 40.2 Å². The Morgan fingerprint density at radius 3 is 2.45 bits per heavy atom. The number of fused-ring (bicyclic) bond motifs is 1. The van der Waals surface area contributed by atoms with Crippen molar-refractivity contribution in [3.05, 3.63) is 64.1 Å². The van der Waals surface area contributed by atoms with Crippen molar-refractivity contribution in [3.63, 3.8) is 0 Å². The Morgan fingerprint density at radius 2 is 1.82 bits per heavy atom. The zero-order chi connectivity index (χ0) is 29.4. The monoisotopic (exact) mass is 565 g/mol. The van der Waals surface area contributed by atoms with E-state index >= 15 is 0 Å². The average Bonchev–Trinajstić information content (AvgIpc) is 3.47. The molecule has 0 saturated heterocycles. The Balaban J connectivity index is 1.84. The molecule has 0 unspecified atom stereocenters. The van der Waals surface area contributed by atoms with E-state index < -0.39 is 11.7 Å². The molecule has 0 aliphatic carbocycles. The van der Waals surface area contributed by atoms with Crippen LogP contribution in [-0.4, -0.2) is 54.9 Å². The molecule has 0 radical (unpaired) electrons. The lowest BCUT2D eigenvalue weighted by molar-refractivity contribution is 0.0515. The van der Waals surface area contributed by atoms with Gasteiger partial charge in [0, 0.05) is 42.3 Å². The second kappa shape index (κ2) is 11.2. The Hall–Kier alpha value is -4.05. The topological polar surface area (TPSA) is 118 Å². The van der Waals surface area contributed by atoms with Crippen LogP contribution in [0.5, 0.6) is 5.88 Å². The van der Waals surface area contributed by atoms with Crippen LogP contribution < -0.4 is 4.74 Å². The third kappa shape index (κ3) is 6.07. The number of aryl methyl sites for hydroxylation is 1. The number of halogens is 1. The van der Waals surface area contributed by atoms with Crippen LogP contribution in [-0.2, 0) is 11.2 Å². The number of methoxy groups -OCH3 is 1. The third-order valence-electron chi connectivity index (χ3n) is 6.04. The maximum absolute atomic E-state index is 13.8. The van der Waals surface area contributed by atoms with Crippen LogP contribution in [0.25, 0.3) is 16.7 Å². The lowest BCUT2D eigenvalue weighted by atomic mass is 9.89. The van der Waals surface area contributed by atoms with Crippen LogP contribution in [0.3, 0.4) is 0 Å². The molecule has 0 atom stereocenters. The zero-order valence-electron chi connectivity index (χ0n) is 23.6. The van der Waals surface area contributed by atoms with E-state index in [2.05, 4.69) is 15.2 Å². The molecule has 0 aliphatic rings. The van der Waals surface area contributed by atoms with Gasteiger partial charge in [-0.1, -0.05) is 25.4 Å². The maximum atomic E-state index is 13.8. The van der Waals surface area contributed by atoms with Crippen molar-refractivity contribution in [1.82, 2.24) is 24.5 Å². The van der Waals surface area contributed by atoms with E-state index in [0.717, 1.165) is 4.68 Å². The molecule has 11 heteroatoms. The molecule has 210 valence electrons. The summed E-state index contributed by atoms with van der Waals surface area (Å²) < 4.78 is 13.2. The smallest absolute Gasteiger partial charge is 0.435 e. The van der Waals surface area contributed by atoms with Gasteiger partial charge in [-0.05, 0) is 62.9 Å². The summed E-state index contributed by atoms with van der Waals surface area (Å²) in [7, 11) is 1.45. The first-order valence-electron chi connectivity index (χ1n) is 12.9. The largest absolute Gasteiger partial charge is 0.480 e. The predicted octanol–water partition coefficient (Wildman–Crippen LogP) is 6.02. The third-order valence-corrected chi connectivity index (χ3v) is 6.34. The van der Waals surface area contributed by atoms with Crippen molar-refractivity contribution in [1.29, 1.82) is 0 Å². The molecule has 0 amide bonds. The minimum atomic E-state index is -0.723. The van der Waals surface area contributed by atoms with E-state index in [9.17, 15) is 14.4 Å². The summed E-state index contributed by atoms with van der Waals surface area (Å²) in [4.78, 5) is 44.4. The van der Waals surface area contributed by atoms with Gasteiger partial charge >= 0.3 is 6.09 Å². The van der Waals surface area contributed by atoms with Crippen LogP contribution in [0.2, 0.25) is 5.02 Å². The van der Waals surface area contributed by atoms with Crippen LogP contribution in [0.15, 0.2) is 36.7 Å². The predicted molar refractivity (Wildman–Crippen MR) is 151 cm³/mol. The summed E-state index contributed by atoms with van der Waals surface area (Å²) in [6.07, 6.45) is 2.54. The summed E-state index contributed by atoms with van der Waals surface area (Å²) in [6, 6.07) is 6.64. The fraction of sp³-hybridized carbons (Fsp3) is 0.379. The normalized spacial score (nSPS) is 11.7. The van der Waals surface area contributed by atoms with Gasteiger partial charge in [-0.3, -0.25) is 9.59 Å². The van der Waals surface area contributed by atoms with E-state index in [0.29, 0.717) is 32.6 Å². The molecule has 0 aliphatic heterocycles. The molecule has 10 nitrogen and oxygen atoms in total. The van der Waals surface area contributed by atoms with Crippen molar-refractivity contribution in [2.75, 3.05) is 7.11 Å².